The van der Waals surface area contributed by atoms with Crippen LogP contribution < -0.4 is 5.73 Å². The van der Waals surface area contributed by atoms with E-state index in [4.69, 9.17) is 5.73 Å². The number of hydrogen-bond donors (Lipinski definition) is 1. The lowest BCUT2D eigenvalue weighted by molar-refractivity contribution is 0.867. The first-order valence-corrected chi connectivity index (χ1v) is 7.69. The number of hydrogen-bond acceptors (Lipinski definition) is 5. The third kappa shape index (κ3) is 2.53. The van der Waals surface area contributed by atoms with Crippen molar-refractivity contribution in [2.75, 3.05) is 0 Å². The summed E-state index contributed by atoms with van der Waals surface area (Å²) in [6.45, 7) is 2.29. The van der Waals surface area contributed by atoms with Gasteiger partial charge in [-0.25, -0.2) is 19.6 Å². The topological polar surface area (TPSA) is 82.5 Å². The predicted molar refractivity (Wildman–Crippen MR) is 92.5 cm³/mol. The highest BCUT2D eigenvalue weighted by atomic mass is 15.3. The van der Waals surface area contributed by atoms with Crippen molar-refractivity contribution >= 4 is 10.9 Å². The summed E-state index contributed by atoms with van der Waals surface area (Å²) >= 11 is 0. The summed E-state index contributed by atoms with van der Waals surface area (Å²) in [5, 5.41) is 5.53. The van der Waals surface area contributed by atoms with Gasteiger partial charge in [0.05, 0.1) is 24.0 Å². The molecule has 24 heavy (non-hydrogen) atoms. The highest BCUT2D eigenvalue weighted by Crippen LogP contribution is 2.24. The molecule has 0 aliphatic heterocycles. The summed E-state index contributed by atoms with van der Waals surface area (Å²) in [6, 6.07) is 13.9. The van der Waals surface area contributed by atoms with Gasteiger partial charge in [0.25, 0.3) is 0 Å². The second-order valence-corrected chi connectivity index (χ2v) is 5.53. The Morgan fingerprint density at radius 1 is 1.08 bits per heavy atom. The second kappa shape index (κ2) is 5.82. The van der Waals surface area contributed by atoms with E-state index in [9.17, 15) is 0 Å². The van der Waals surface area contributed by atoms with Crippen molar-refractivity contribution < 1.29 is 0 Å². The number of fused-ring (bicyclic) bond motifs is 1. The summed E-state index contributed by atoms with van der Waals surface area (Å²) < 4.78 is 1.84. The van der Waals surface area contributed by atoms with Crippen molar-refractivity contribution in [1.82, 2.24) is 24.7 Å². The lowest BCUT2D eigenvalue weighted by Crippen LogP contribution is -2.03. The zero-order valence-corrected chi connectivity index (χ0v) is 13.2. The van der Waals surface area contributed by atoms with E-state index in [1.54, 1.807) is 6.20 Å². The van der Waals surface area contributed by atoms with E-state index in [0.29, 0.717) is 12.4 Å². The van der Waals surface area contributed by atoms with Gasteiger partial charge in [0, 0.05) is 22.8 Å². The molecule has 3 aromatic heterocycles. The number of aryl methyl sites for hydroxylation is 1. The summed E-state index contributed by atoms with van der Waals surface area (Å²) in [7, 11) is 0. The van der Waals surface area contributed by atoms with Gasteiger partial charge in [0.15, 0.2) is 5.82 Å². The molecule has 0 amide bonds. The molecule has 0 radical (unpaired) electrons. The molecule has 1 aromatic carbocycles. The average molecular weight is 316 g/mol. The number of nitrogens with zero attached hydrogens (tertiary/aromatic N) is 5. The van der Waals surface area contributed by atoms with E-state index in [1.165, 1.54) is 0 Å². The third-order valence-electron chi connectivity index (χ3n) is 3.85. The van der Waals surface area contributed by atoms with Gasteiger partial charge in [-0.2, -0.15) is 5.10 Å². The van der Waals surface area contributed by atoms with Crippen LogP contribution in [0.3, 0.4) is 0 Å². The first kappa shape index (κ1) is 14.5. The van der Waals surface area contributed by atoms with Crippen LogP contribution in [0.5, 0.6) is 0 Å². The quantitative estimate of drug-likeness (QED) is 0.628. The van der Waals surface area contributed by atoms with E-state index in [-0.39, 0.29) is 0 Å². The molecule has 0 saturated carbocycles. The van der Waals surface area contributed by atoms with Crippen LogP contribution in [-0.4, -0.2) is 24.7 Å². The number of benzene rings is 1. The van der Waals surface area contributed by atoms with Gasteiger partial charge < -0.3 is 5.73 Å². The standard InChI is InChI=1S/C18H16N6/c1-12-3-2-4-18(22-12)24-16-9-13(5-6-14(16)11-21-24)15-7-8-20-17(10-19)23-15/h2-9,11H,10,19H2,1H3. The molecular formula is C18H16N6. The molecule has 2 N–H and O–H groups in total. The first-order valence-electron chi connectivity index (χ1n) is 7.69. The molecule has 0 fully saturated rings. The fraction of sp³-hybridized carbons (Fsp3) is 0.111. The number of pyridine rings is 1. The minimum atomic E-state index is 0.321. The van der Waals surface area contributed by atoms with E-state index < -0.39 is 0 Å². The lowest BCUT2D eigenvalue weighted by Gasteiger charge is -2.06. The number of aromatic nitrogens is 5. The SMILES string of the molecule is Cc1cccc(-n2ncc3ccc(-c4ccnc(CN)n4)cc32)n1. The monoisotopic (exact) mass is 316 g/mol. The zero-order valence-electron chi connectivity index (χ0n) is 13.2. The molecule has 0 saturated heterocycles. The molecule has 0 bridgehead atoms. The molecule has 4 rings (SSSR count). The molecule has 6 heteroatoms. The van der Waals surface area contributed by atoms with E-state index in [0.717, 1.165) is 33.7 Å². The maximum Gasteiger partial charge on any atom is 0.154 e. The summed E-state index contributed by atoms with van der Waals surface area (Å²) in [6.07, 6.45) is 3.57. The Morgan fingerprint density at radius 3 is 2.83 bits per heavy atom. The maximum atomic E-state index is 5.64. The minimum Gasteiger partial charge on any atom is -0.324 e. The largest absolute Gasteiger partial charge is 0.324 e. The van der Waals surface area contributed by atoms with Gasteiger partial charge >= 0.3 is 0 Å². The Kier molecular flexibility index (Phi) is 3.51. The van der Waals surface area contributed by atoms with Crippen LogP contribution in [-0.2, 0) is 6.54 Å². The minimum absolute atomic E-state index is 0.321. The fourth-order valence-electron chi connectivity index (χ4n) is 2.67. The molecule has 3 heterocycles. The zero-order chi connectivity index (χ0) is 16.5. The van der Waals surface area contributed by atoms with Gasteiger partial charge in [-0.15, -0.1) is 0 Å². The number of rotatable bonds is 3. The Bertz CT molecular complexity index is 1020. The Morgan fingerprint density at radius 2 is 2.00 bits per heavy atom. The number of nitrogens with two attached hydrogens (primary N) is 1. The lowest BCUT2D eigenvalue weighted by atomic mass is 10.1. The van der Waals surface area contributed by atoms with Gasteiger partial charge in [-0.05, 0) is 31.2 Å². The molecular weight excluding hydrogens is 300 g/mol. The van der Waals surface area contributed by atoms with Gasteiger partial charge in [-0.3, -0.25) is 0 Å². The average Bonchev–Trinajstić information content (AvgIpc) is 3.05. The van der Waals surface area contributed by atoms with Gasteiger partial charge in [0.1, 0.15) is 5.82 Å². The Hall–Kier alpha value is -3.12. The molecule has 0 aliphatic carbocycles. The highest BCUT2D eigenvalue weighted by molar-refractivity contribution is 5.84. The molecule has 0 unspecified atom stereocenters. The van der Waals surface area contributed by atoms with Crippen LogP contribution in [0.15, 0.2) is 54.9 Å². The van der Waals surface area contributed by atoms with Gasteiger partial charge in [-0.1, -0.05) is 18.2 Å². The van der Waals surface area contributed by atoms with Crippen LogP contribution >= 0.6 is 0 Å². The van der Waals surface area contributed by atoms with Crippen molar-refractivity contribution in [3.63, 3.8) is 0 Å². The fourth-order valence-corrected chi connectivity index (χ4v) is 2.67. The van der Waals surface area contributed by atoms with E-state index in [2.05, 4.69) is 26.1 Å². The van der Waals surface area contributed by atoms with Crippen molar-refractivity contribution in [3.05, 3.63) is 66.4 Å². The van der Waals surface area contributed by atoms with Crippen LogP contribution in [0.2, 0.25) is 0 Å². The summed E-state index contributed by atoms with van der Waals surface area (Å²) in [5.74, 6) is 1.42. The molecule has 0 aliphatic rings. The van der Waals surface area contributed by atoms with Crippen molar-refractivity contribution in [2.24, 2.45) is 5.73 Å². The normalized spacial score (nSPS) is 11.1. The molecule has 0 atom stereocenters. The first-order chi connectivity index (χ1) is 11.7. The van der Waals surface area contributed by atoms with Gasteiger partial charge in [0.2, 0.25) is 0 Å². The molecule has 4 aromatic rings. The third-order valence-corrected chi connectivity index (χ3v) is 3.85. The van der Waals surface area contributed by atoms with Crippen molar-refractivity contribution in [3.8, 4) is 17.1 Å². The highest BCUT2D eigenvalue weighted by Gasteiger charge is 2.09. The molecule has 0 spiro atoms. The Labute approximate surface area is 139 Å². The molecule has 118 valence electrons. The molecule has 6 nitrogen and oxygen atoms in total. The van der Waals surface area contributed by atoms with Crippen molar-refractivity contribution in [1.29, 1.82) is 0 Å². The van der Waals surface area contributed by atoms with E-state index in [1.807, 2.05) is 54.2 Å². The maximum absolute atomic E-state index is 5.64. The van der Waals surface area contributed by atoms with Crippen LogP contribution in [0.4, 0.5) is 0 Å². The van der Waals surface area contributed by atoms with Crippen LogP contribution in [0.25, 0.3) is 28.0 Å². The van der Waals surface area contributed by atoms with Crippen LogP contribution in [0.1, 0.15) is 11.5 Å². The van der Waals surface area contributed by atoms with Crippen molar-refractivity contribution in [2.45, 2.75) is 13.5 Å². The van der Waals surface area contributed by atoms with E-state index >= 15 is 0 Å². The summed E-state index contributed by atoms with van der Waals surface area (Å²) in [5.41, 5.74) is 9.42. The van der Waals surface area contributed by atoms with Crippen LogP contribution in [0, 0.1) is 6.92 Å². The predicted octanol–water partition coefficient (Wildman–Crippen LogP) is 2.64. The Balaban J connectivity index is 1.87. The summed E-state index contributed by atoms with van der Waals surface area (Å²) in [4.78, 5) is 13.2. The second-order valence-electron chi connectivity index (χ2n) is 5.53. The smallest absolute Gasteiger partial charge is 0.154 e.